The van der Waals surface area contributed by atoms with E-state index < -0.39 is 55.1 Å². The van der Waals surface area contributed by atoms with Gasteiger partial charge in [-0.05, 0) is 52.7 Å². The first-order valence-electron chi connectivity index (χ1n) is 11.7. The Bertz CT molecular complexity index is 1350. The van der Waals surface area contributed by atoms with E-state index in [2.05, 4.69) is 10.4 Å². The van der Waals surface area contributed by atoms with Crippen molar-refractivity contribution in [1.82, 2.24) is 15.1 Å². The Labute approximate surface area is 213 Å². The summed E-state index contributed by atoms with van der Waals surface area (Å²) < 4.78 is 75.3. The number of halogens is 3. The van der Waals surface area contributed by atoms with Gasteiger partial charge < -0.3 is 15.0 Å². The Balaban J connectivity index is 1.72. The number of hydrogen-bond donors (Lipinski definition) is 1. The first-order valence-corrected chi connectivity index (χ1v) is 13.3. The molecule has 0 radical (unpaired) electrons. The Kier molecular flexibility index (Phi) is 6.47. The summed E-state index contributed by atoms with van der Waals surface area (Å²) in [6, 6.07) is 7.77. The first-order chi connectivity index (χ1) is 17.1. The van der Waals surface area contributed by atoms with Crippen LogP contribution in [0.15, 0.2) is 35.2 Å². The molecule has 1 saturated carbocycles. The maximum atomic E-state index is 13.6. The van der Waals surface area contributed by atoms with Crippen LogP contribution in [-0.2, 0) is 26.3 Å². The first kappa shape index (κ1) is 26.8. The molecule has 0 spiro atoms. The van der Waals surface area contributed by atoms with Crippen LogP contribution in [-0.4, -0.2) is 47.9 Å². The summed E-state index contributed by atoms with van der Waals surface area (Å²) in [5, 5.41) is 15.0. The maximum Gasteiger partial charge on any atom is 0.417 e. The fourth-order valence-electron chi connectivity index (χ4n) is 4.39. The molecule has 1 aromatic carbocycles. The van der Waals surface area contributed by atoms with Crippen molar-refractivity contribution in [3.63, 3.8) is 0 Å². The third kappa shape index (κ3) is 5.25. The predicted octanol–water partition coefficient (Wildman–Crippen LogP) is 4.13. The quantitative estimate of drug-likeness (QED) is 0.607. The van der Waals surface area contributed by atoms with Gasteiger partial charge in [0.25, 0.3) is 0 Å². The lowest BCUT2D eigenvalue weighted by Crippen LogP contribution is -2.42. The lowest BCUT2D eigenvalue weighted by atomic mass is 10.1. The SMILES string of the molecule is Cc1cc(N2C[C@H](S(=O)(=O)c3ccccc3C(F)(F)F)C[C@@H]2OC(=O)NC2(C#N)CC2)n(C(C)(C)C)n1. The van der Waals surface area contributed by atoms with E-state index in [9.17, 15) is 31.6 Å². The van der Waals surface area contributed by atoms with E-state index in [1.165, 1.54) is 11.0 Å². The summed E-state index contributed by atoms with van der Waals surface area (Å²) in [7, 11) is -4.49. The number of ether oxygens (including phenoxy) is 1. The lowest BCUT2D eigenvalue weighted by molar-refractivity contribution is -0.139. The van der Waals surface area contributed by atoms with E-state index >= 15 is 0 Å². The zero-order valence-corrected chi connectivity index (χ0v) is 21.7. The fourth-order valence-corrected chi connectivity index (χ4v) is 6.28. The van der Waals surface area contributed by atoms with Crippen LogP contribution in [0.1, 0.15) is 51.3 Å². The topological polar surface area (TPSA) is 117 Å². The van der Waals surface area contributed by atoms with Gasteiger partial charge in [-0.1, -0.05) is 12.1 Å². The number of nitriles is 1. The number of aromatic nitrogens is 2. The molecule has 13 heteroatoms. The molecule has 1 aliphatic heterocycles. The number of alkyl carbamates (subject to hydrolysis) is 1. The number of aryl methyl sites for hydroxylation is 1. The van der Waals surface area contributed by atoms with Crippen molar-refractivity contribution in [3.8, 4) is 6.07 Å². The van der Waals surface area contributed by atoms with Crippen LogP contribution in [0.3, 0.4) is 0 Å². The van der Waals surface area contributed by atoms with Gasteiger partial charge in [-0.2, -0.15) is 23.5 Å². The molecule has 9 nitrogen and oxygen atoms in total. The highest BCUT2D eigenvalue weighted by Crippen LogP contribution is 2.40. The van der Waals surface area contributed by atoms with Crippen LogP contribution in [0.4, 0.5) is 23.8 Å². The van der Waals surface area contributed by atoms with Gasteiger partial charge >= 0.3 is 12.3 Å². The Morgan fingerprint density at radius 2 is 1.89 bits per heavy atom. The molecule has 1 aliphatic carbocycles. The van der Waals surface area contributed by atoms with Gasteiger partial charge in [-0.25, -0.2) is 17.9 Å². The largest absolute Gasteiger partial charge is 0.425 e. The number of carbonyl (C=O) groups is 1. The average molecular weight is 540 g/mol. The summed E-state index contributed by atoms with van der Waals surface area (Å²) in [5.74, 6) is 0.464. The fraction of sp³-hybridized carbons (Fsp3) is 0.542. The zero-order valence-electron chi connectivity index (χ0n) is 20.8. The number of sulfone groups is 1. The lowest BCUT2D eigenvalue weighted by Gasteiger charge is -2.31. The van der Waals surface area contributed by atoms with Gasteiger partial charge in [-0.3, -0.25) is 0 Å². The Morgan fingerprint density at radius 3 is 2.46 bits per heavy atom. The number of anilines is 1. The van der Waals surface area contributed by atoms with Crippen molar-refractivity contribution in [2.75, 3.05) is 11.4 Å². The molecule has 1 aromatic heterocycles. The third-order valence-electron chi connectivity index (χ3n) is 6.44. The molecule has 2 heterocycles. The second-order valence-electron chi connectivity index (χ2n) is 10.5. The minimum Gasteiger partial charge on any atom is -0.425 e. The van der Waals surface area contributed by atoms with Crippen LogP contribution in [0.25, 0.3) is 0 Å². The van der Waals surface area contributed by atoms with Crippen molar-refractivity contribution in [2.24, 2.45) is 0 Å². The van der Waals surface area contributed by atoms with Crippen LogP contribution >= 0.6 is 0 Å². The maximum absolute atomic E-state index is 13.6. The smallest absolute Gasteiger partial charge is 0.417 e. The monoisotopic (exact) mass is 539 g/mol. The van der Waals surface area contributed by atoms with E-state index in [0.29, 0.717) is 24.4 Å². The van der Waals surface area contributed by atoms with Crippen molar-refractivity contribution < 1.29 is 31.1 Å². The number of nitrogens with one attached hydrogen (secondary N) is 1. The Morgan fingerprint density at radius 1 is 1.24 bits per heavy atom. The number of amides is 1. The number of nitrogens with zero attached hydrogens (tertiary/aromatic N) is 4. The van der Waals surface area contributed by atoms with Gasteiger partial charge in [0.05, 0.1) is 33.0 Å². The number of rotatable bonds is 5. The van der Waals surface area contributed by atoms with Gasteiger partial charge in [0.1, 0.15) is 11.4 Å². The summed E-state index contributed by atoms with van der Waals surface area (Å²) in [5.41, 5.74) is -2.16. The van der Waals surface area contributed by atoms with Crippen molar-refractivity contribution in [3.05, 3.63) is 41.6 Å². The minimum atomic E-state index is -4.87. The normalized spacial score (nSPS) is 21.4. The summed E-state index contributed by atoms with van der Waals surface area (Å²) in [6.07, 6.45) is -6.22. The molecular weight excluding hydrogens is 511 g/mol. The molecule has 2 aliphatic rings. The molecule has 37 heavy (non-hydrogen) atoms. The van der Waals surface area contributed by atoms with Gasteiger partial charge in [0.2, 0.25) is 0 Å². The van der Waals surface area contributed by atoms with Crippen LogP contribution in [0.2, 0.25) is 0 Å². The molecular formula is C24H28F3N5O4S. The van der Waals surface area contributed by atoms with E-state index in [0.717, 1.165) is 18.2 Å². The molecule has 1 saturated heterocycles. The molecule has 0 unspecified atom stereocenters. The van der Waals surface area contributed by atoms with Crippen molar-refractivity contribution in [2.45, 2.75) is 80.6 Å². The molecule has 2 fully saturated rings. The van der Waals surface area contributed by atoms with Crippen LogP contribution in [0, 0.1) is 18.3 Å². The molecule has 1 N–H and O–H groups in total. The summed E-state index contributed by atoms with van der Waals surface area (Å²) in [4.78, 5) is 13.4. The molecule has 2 atom stereocenters. The van der Waals surface area contributed by atoms with Gasteiger partial charge in [0, 0.05) is 19.0 Å². The standard InChI is InChI=1S/C24H28F3N5O4S/c1-15-11-19(32(30-15)22(2,3)4)31-13-16(12-20(31)36-21(33)29-23(14-28)9-10-23)37(34,35)18-8-6-5-7-17(18)24(25,26)27/h5-8,11,16,20H,9-10,12-13H2,1-4H3,(H,29,33)/t16-,20+/m1/s1. The highest BCUT2D eigenvalue weighted by atomic mass is 32.2. The minimum absolute atomic E-state index is 0.225. The number of alkyl halides is 3. The van der Waals surface area contributed by atoms with Crippen molar-refractivity contribution >= 4 is 21.7 Å². The Hall–Kier alpha value is -3.27. The summed E-state index contributed by atoms with van der Waals surface area (Å²) >= 11 is 0. The molecule has 2 aromatic rings. The van der Waals surface area contributed by atoms with E-state index in [1.807, 2.05) is 26.8 Å². The third-order valence-corrected chi connectivity index (χ3v) is 8.63. The van der Waals surface area contributed by atoms with Crippen LogP contribution in [0.5, 0.6) is 0 Å². The second-order valence-corrected chi connectivity index (χ2v) is 12.7. The molecule has 1 amide bonds. The molecule has 4 rings (SSSR count). The predicted molar refractivity (Wildman–Crippen MR) is 127 cm³/mol. The van der Waals surface area contributed by atoms with E-state index in [-0.39, 0.29) is 13.0 Å². The second kappa shape index (κ2) is 8.93. The number of benzene rings is 1. The average Bonchev–Trinajstić information content (AvgIpc) is 3.24. The van der Waals surface area contributed by atoms with Crippen molar-refractivity contribution in [1.29, 1.82) is 5.26 Å². The van der Waals surface area contributed by atoms with Gasteiger partial charge in [0.15, 0.2) is 16.1 Å². The number of carbonyl (C=O) groups excluding carboxylic acids is 1. The van der Waals surface area contributed by atoms with E-state index in [4.69, 9.17) is 4.74 Å². The van der Waals surface area contributed by atoms with Gasteiger partial charge in [-0.15, -0.1) is 0 Å². The highest BCUT2D eigenvalue weighted by Gasteiger charge is 2.49. The highest BCUT2D eigenvalue weighted by molar-refractivity contribution is 7.92. The molecule has 0 bridgehead atoms. The molecule has 200 valence electrons. The summed E-state index contributed by atoms with van der Waals surface area (Å²) in [6.45, 7) is 7.19. The van der Waals surface area contributed by atoms with Crippen LogP contribution < -0.4 is 10.2 Å². The van der Waals surface area contributed by atoms with E-state index in [1.54, 1.807) is 17.7 Å². The zero-order chi connectivity index (χ0) is 27.4. The number of hydrogen-bond acceptors (Lipinski definition) is 7.